The Kier molecular flexibility index (Phi) is 9.92. The molecule has 26 heavy (non-hydrogen) atoms. The van der Waals surface area contributed by atoms with E-state index in [4.69, 9.17) is 9.84 Å². The van der Waals surface area contributed by atoms with Crippen molar-refractivity contribution in [1.29, 1.82) is 0 Å². The molecule has 0 aliphatic carbocycles. The molecule has 0 bridgehead atoms. The highest BCUT2D eigenvalue weighted by molar-refractivity contribution is 8.14. The number of hydrogen-bond acceptors (Lipinski definition) is 12. The maximum Gasteiger partial charge on any atom is 0.284 e. The third-order valence-electron chi connectivity index (χ3n) is 3.40. The summed E-state index contributed by atoms with van der Waals surface area (Å²) in [5, 5.41) is 41.9. The maximum absolute atomic E-state index is 11.0. The molecule has 6 unspecified atom stereocenters. The molecule has 0 radical (unpaired) electrons. The summed E-state index contributed by atoms with van der Waals surface area (Å²) in [5.74, 6) is 0.415. The standard InChI is InChI=1S/C12H23NO10S3/c1-25(18)5-3-2-4-8(13-23-26(19,20)21)24-12-11(17)10(16)9(15)7(6-14)22-12/h7,9-12,14-17H,2-6H2,1H3,(H,19,20,21)/p-1/b13-8-. The molecule has 0 spiro atoms. The van der Waals surface area contributed by atoms with E-state index in [1.807, 2.05) is 0 Å². The second-order valence-electron chi connectivity index (χ2n) is 5.52. The molecule has 11 nitrogen and oxygen atoms in total. The number of hydrogen-bond donors (Lipinski definition) is 4. The van der Waals surface area contributed by atoms with E-state index in [1.54, 1.807) is 0 Å². The van der Waals surface area contributed by atoms with Gasteiger partial charge in [-0.05, 0) is 19.3 Å². The molecule has 14 heteroatoms. The van der Waals surface area contributed by atoms with E-state index in [-0.39, 0.29) is 11.5 Å². The number of oxime groups is 1. The number of unbranched alkanes of at least 4 members (excludes halogenated alkanes) is 1. The van der Waals surface area contributed by atoms with Crippen LogP contribution in [-0.2, 0) is 30.2 Å². The average Bonchev–Trinajstić information content (AvgIpc) is 2.55. The summed E-state index contributed by atoms with van der Waals surface area (Å²) < 4.78 is 51.9. The lowest BCUT2D eigenvalue weighted by Gasteiger charge is -2.39. The molecule has 154 valence electrons. The summed E-state index contributed by atoms with van der Waals surface area (Å²) in [6.45, 7) is -0.623. The van der Waals surface area contributed by atoms with Crippen LogP contribution in [0.5, 0.6) is 0 Å². The van der Waals surface area contributed by atoms with Gasteiger partial charge < -0.3 is 29.7 Å². The SMILES string of the molecule is CS(=O)CCCC/C(=N/OS(=O)(=O)[O-])SC1OC(CO)C(O)C(O)C1O. The van der Waals surface area contributed by atoms with E-state index in [1.165, 1.54) is 6.26 Å². The van der Waals surface area contributed by atoms with Crippen molar-refractivity contribution in [3.63, 3.8) is 0 Å². The number of rotatable bonds is 9. The molecule has 1 heterocycles. The third kappa shape index (κ3) is 8.14. The molecule has 1 saturated heterocycles. The first-order chi connectivity index (χ1) is 12.0. The van der Waals surface area contributed by atoms with Gasteiger partial charge >= 0.3 is 0 Å². The van der Waals surface area contributed by atoms with Crippen LogP contribution >= 0.6 is 11.8 Å². The van der Waals surface area contributed by atoms with Crippen LogP contribution in [0.2, 0.25) is 0 Å². The monoisotopic (exact) mass is 436 g/mol. The Bertz CT molecular complexity index is 596. The van der Waals surface area contributed by atoms with E-state index in [0.717, 1.165) is 0 Å². The predicted molar refractivity (Wildman–Crippen MR) is 92.4 cm³/mol. The molecular weight excluding hydrogens is 414 g/mol. The molecular formula is C12H22NO10S3-. The molecule has 1 rings (SSSR count). The van der Waals surface area contributed by atoms with Gasteiger partial charge in [0.1, 0.15) is 34.9 Å². The lowest BCUT2D eigenvalue weighted by Crippen LogP contribution is -2.57. The van der Waals surface area contributed by atoms with Gasteiger partial charge in [-0.2, -0.15) is 8.42 Å². The molecule has 0 aromatic carbocycles. The van der Waals surface area contributed by atoms with Crippen LogP contribution in [0.15, 0.2) is 5.16 Å². The molecule has 0 saturated carbocycles. The summed E-state index contributed by atoms with van der Waals surface area (Å²) >= 11 is 0.690. The first-order valence-electron chi connectivity index (χ1n) is 7.53. The third-order valence-corrected chi connectivity index (χ3v) is 5.70. The number of aliphatic hydroxyl groups excluding tert-OH is 4. The van der Waals surface area contributed by atoms with E-state index in [2.05, 4.69) is 9.44 Å². The lowest BCUT2D eigenvalue weighted by molar-refractivity contribution is -0.205. The largest absolute Gasteiger partial charge is 0.714 e. The van der Waals surface area contributed by atoms with Crippen molar-refractivity contribution in [2.24, 2.45) is 5.16 Å². The van der Waals surface area contributed by atoms with Gasteiger partial charge in [0.05, 0.1) is 6.61 Å². The molecule has 0 aromatic rings. The first kappa shape index (κ1) is 23.7. The summed E-state index contributed by atoms with van der Waals surface area (Å²) in [7, 11) is -6.09. The summed E-state index contributed by atoms with van der Waals surface area (Å²) in [4.78, 5) is 0. The lowest BCUT2D eigenvalue weighted by atomic mass is 10.0. The second-order valence-corrected chi connectivity index (χ2v) is 9.21. The van der Waals surface area contributed by atoms with Crippen LogP contribution in [0.25, 0.3) is 0 Å². The minimum absolute atomic E-state index is 0.0179. The minimum Gasteiger partial charge on any atom is -0.714 e. The van der Waals surface area contributed by atoms with Crippen LogP contribution in [0.1, 0.15) is 19.3 Å². The van der Waals surface area contributed by atoms with E-state index in [0.29, 0.717) is 30.4 Å². The van der Waals surface area contributed by atoms with Crippen molar-refractivity contribution in [2.75, 3.05) is 18.6 Å². The zero-order chi connectivity index (χ0) is 19.9. The first-order valence-corrected chi connectivity index (χ1v) is 11.5. The van der Waals surface area contributed by atoms with Gasteiger partial charge in [0, 0.05) is 22.8 Å². The van der Waals surface area contributed by atoms with Gasteiger partial charge in [-0.1, -0.05) is 16.9 Å². The topological polar surface area (TPSA) is 186 Å². The van der Waals surface area contributed by atoms with Crippen LogP contribution < -0.4 is 0 Å². The normalized spacial score (nSPS) is 31.6. The molecule has 6 atom stereocenters. The molecule has 1 aliphatic rings. The van der Waals surface area contributed by atoms with Gasteiger partial charge in [-0.15, -0.1) is 0 Å². The highest BCUT2D eigenvalue weighted by Crippen LogP contribution is 2.30. The maximum atomic E-state index is 11.0. The zero-order valence-corrected chi connectivity index (χ0v) is 16.3. The fraction of sp³-hybridized carbons (Fsp3) is 0.917. The number of thioether (sulfide) groups is 1. The van der Waals surface area contributed by atoms with Crippen LogP contribution in [0, 0.1) is 0 Å². The van der Waals surface area contributed by atoms with Crippen molar-refractivity contribution in [3.05, 3.63) is 0 Å². The van der Waals surface area contributed by atoms with Crippen LogP contribution in [-0.4, -0.2) is 91.1 Å². The predicted octanol–water partition coefficient (Wildman–Crippen LogP) is -2.14. The molecule has 0 aromatic heterocycles. The molecule has 4 N–H and O–H groups in total. The van der Waals surface area contributed by atoms with Gasteiger partial charge in [0.25, 0.3) is 10.4 Å². The molecule has 0 amide bonds. The van der Waals surface area contributed by atoms with Crippen molar-refractivity contribution >= 4 is 38.0 Å². The Hall–Kier alpha value is -0.320. The van der Waals surface area contributed by atoms with Gasteiger partial charge in [0.2, 0.25) is 0 Å². The summed E-state index contributed by atoms with van der Waals surface area (Å²) in [5.41, 5.74) is -1.19. The summed E-state index contributed by atoms with van der Waals surface area (Å²) in [6.07, 6.45) is -3.21. The Labute approximate surface area is 157 Å². The Balaban J connectivity index is 2.80. The number of ether oxygens (including phenoxy) is 1. The van der Waals surface area contributed by atoms with Gasteiger partial charge in [-0.25, -0.2) is 0 Å². The van der Waals surface area contributed by atoms with Gasteiger partial charge in [-0.3, -0.25) is 8.49 Å². The Morgan fingerprint density at radius 1 is 1.27 bits per heavy atom. The fourth-order valence-electron chi connectivity index (χ4n) is 2.09. The average molecular weight is 437 g/mol. The van der Waals surface area contributed by atoms with Crippen molar-refractivity contribution in [3.8, 4) is 0 Å². The smallest absolute Gasteiger partial charge is 0.284 e. The Morgan fingerprint density at radius 2 is 1.92 bits per heavy atom. The number of aliphatic hydroxyl groups is 4. The van der Waals surface area contributed by atoms with Crippen LogP contribution in [0.4, 0.5) is 0 Å². The van der Waals surface area contributed by atoms with E-state index >= 15 is 0 Å². The van der Waals surface area contributed by atoms with E-state index in [9.17, 15) is 32.5 Å². The number of nitrogens with zero attached hydrogens (tertiary/aromatic N) is 1. The van der Waals surface area contributed by atoms with E-state index < -0.39 is 57.7 Å². The highest BCUT2D eigenvalue weighted by Gasteiger charge is 2.44. The highest BCUT2D eigenvalue weighted by atomic mass is 32.3. The van der Waals surface area contributed by atoms with Crippen molar-refractivity contribution in [1.82, 2.24) is 0 Å². The van der Waals surface area contributed by atoms with Crippen molar-refractivity contribution < 1.29 is 46.6 Å². The van der Waals surface area contributed by atoms with Gasteiger partial charge in [0.15, 0.2) is 0 Å². The molecule has 1 aliphatic heterocycles. The summed E-state index contributed by atoms with van der Waals surface area (Å²) in [6, 6.07) is 0. The zero-order valence-electron chi connectivity index (χ0n) is 13.8. The quantitative estimate of drug-likeness (QED) is 0.0771. The minimum atomic E-state index is -5.08. The Morgan fingerprint density at radius 3 is 2.46 bits per heavy atom. The fourth-order valence-corrected chi connectivity index (χ4v) is 4.04. The second kappa shape index (κ2) is 10.9. The van der Waals surface area contributed by atoms with Crippen molar-refractivity contribution in [2.45, 2.75) is 49.1 Å². The molecule has 1 fully saturated rings. The van der Waals surface area contributed by atoms with Crippen LogP contribution in [0.3, 0.4) is 0 Å².